The van der Waals surface area contributed by atoms with Gasteiger partial charge in [0.05, 0.1) is 16.3 Å². The van der Waals surface area contributed by atoms with E-state index in [1.807, 2.05) is 0 Å². The molecule has 0 spiro atoms. The summed E-state index contributed by atoms with van der Waals surface area (Å²) in [6.07, 6.45) is -0.956. The lowest BCUT2D eigenvalue weighted by molar-refractivity contribution is -0.123. The molecule has 0 fully saturated rings. The second-order valence-corrected chi connectivity index (χ2v) is 6.10. The molecule has 2 aromatic carbocycles. The molecule has 2 rings (SSSR count). The molecule has 0 bridgehead atoms. The number of anilines is 2. The molecule has 3 N–H and O–H groups in total. The number of nitrogens with one attached hydrogen (secondary N) is 1. The van der Waals surface area contributed by atoms with Gasteiger partial charge in [0.15, 0.2) is 6.10 Å². The van der Waals surface area contributed by atoms with E-state index >= 15 is 0 Å². The van der Waals surface area contributed by atoms with Crippen LogP contribution in [0.25, 0.3) is 0 Å². The molecule has 1 atom stereocenters. The van der Waals surface area contributed by atoms with Crippen molar-refractivity contribution in [2.45, 2.75) is 13.0 Å². The van der Waals surface area contributed by atoms with Gasteiger partial charge in [0.1, 0.15) is 0 Å². The molecular weight excluding hydrogens is 384 g/mol. The molecule has 1 amide bonds. The second-order valence-electron chi connectivity index (χ2n) is 4.78. The van der Waals surface area contributed by atoms with Crippen LogP contribution in [0.3, 0.4) is 0 Å². The first-order chi connectivity index (χ1) is 10.9. The lowest BCUT2D eigenvalue weighted by Gasteiger charge is -2.14. The summed E-state index contributed by atoms with van der Waals surface area (Å²) in [5.74, 6) is -1.07. The van der Waals surface area contributed by atoms with Crippen molar-refractivity contribution in [2.24, 2.45) is 0 Å². The van der Waals surface area contributed by atoms with Crippen molar-refractivity contribution in [3.05, 3.63) is 57.5 Å². The fourth-order valence-electron chi connectivity index (χ4n) is 1.73. The first kappa shape index (κ1) is 17.3. The smallest absolute Gasteiger partial charge is 0.338 e. The Balaban J connectivity index is 1.98. The van der Waals surface area contributed by atoms with E-state index in [0.717, 1.165) is 4.47 Å². The lowest BCUT2D eigenvalue weighted by atomic mass is 10.2. The molecule has 120 valence electrons. The third-order valence-electron chi connectivity index (χ3n) is 3.00. The van der Waals surface area contributed by atoms with E-state index in [1.54, 1.807) is 24.3 Å². The van der Waals surface area contributed by atoms with Crippen LogP contribution in [0.5, 0.6) is 0 Å². The third kappa shape index (κ3) is 4.71. The largest absolute Gasteiger partial charge is 0.449 e. The number of nitrogens with two attached hydrogens (primary N) is 1. The number of esters is 1. The van der Waals surface area contributed by atoms with E-state index in [2.05, 4.69) is 21.2 Å². The van der Waals surface area contributed by atoms with Gasteiger partial charge in [0, 0.05) is 10.2 Å². The van der Waals surface area contributed by atoms with Gasteiger partial charge in [-0.1, -0.05) is 27.5 Å². The van der Waals surface area contributed by atoms with Crippen molar-refractivity contribution in [3.63, 3.8) is 0 Å². The molecule has 0 aliphatic heterocycles. The topological polar surface area (TPSA) is 81.4 Å². The standard InChI is InChI=1S/C16H14BrClN2O3/c1-9(15(21)20-12-5-3-11(17)4-6-12)23-16(22)10-2-7-13(18)14(19)8-10/h2-9H,19H2,1H3,(H,20,21)/t9-/m0/s1. The second kappa shape index (κ2) is 7.48. The monoisotopic (exact) mass is 396 g/mol. The van der Waals surface area contributed by atoms with Crippen LogP contribution in [-0.2, 0) is 9.53 Å². The Morgan fingerprint density at radius 1 is 1.22 bits per heavy atom. The minimum atomic E-state index is -0.956. The van der Waals surface area contributed by atoms with Crippen LogP contribution < -0.4 is 11.1 Å². The lowest BCUT2D eigenvalue weighted by Crippen LogP contribution is -2.30. The van der Waals surface area contributed by atoms with E-state index in [1.165, 1.54) is 25.1 Å². The molecule has 7 heteroatoms. The van der Waals surface area contributed by atoms with Crippen LogP contribution in [-0.4, -0.2) is 18.0 Å². The maximum absolute atomic E-state index is 12.0. The quantitative estimate of drug-likeness (QED) is 0.606. The van der Waals surface area contributed by atoms with Gasteiger partial charge in [0.25, 0.3) is 5.91 Å². The summed E-state index contributed by atoms with van der Waals surface area (Å²) in [7, 11) is 0. The molecule has 0 heterocycles. The van der Waals surface area contributed by atoms with Crippen molar-refractivity contribution in [3.8, 4) is 0 Å². The summed E-state index contributed by atoms with van der Waals surface area (Å²) in [6.45, 7) is 1.49. The van der Waals surface area contributed by atoms with Gasteiger partial charge in [-0.2, -0.15) is 0 Å². The Labute approximate surface area is 146 Å². The zero-order valence-electron chi connectivity index (χ0n) is 12.2. The highest BCUT2D eigenvalue weighted by Gasteiger charge is 2.19. The summed E-state index contributed by atoms with van der Waals surface area (Å²) in [4.78, 5) is 24.1. The fraction of sp³-hybridized carbons (Fsp3) is 0.125. The van der Waals surface area contributed by atoms with Crippen LogP contribution in [0.15, 0.2) is 46.9 Å². The Morgan fingerprint density at radius 3 is 2.48 bits per heavy atom. The summed E-state index contributed by atoms with van der Waals surface area (Å²) < 4.78 is 6.03. The highest BCUT2D eigenvalue weighted by atomic mass is 79.9. The maximum Gasteiger partial charge on any atom is 0.338 e. The molecule has 0 aliphatic rings. The van der Waals surface area contributed by atoms with E-state index in [9.17, 15) is 9.59 Å². The maximum atomic E-state index is 12.0. The number of hydrogen-bond acceptors (Lipinski definition) is 4. The van der Waals surface area contributed by atoms with Crippen LogP contribution in [0.4, 0.5) is 11.4 Å². The summed E-state index contributed by atoms with van der Waals surface area (Å²) in [5.41, 5.74) is 6.75. The highest BCUT2D eigenvalue weighted by molar-refractivity contribution is 9.10. The number of amides is 1. The van der Waals surface area contributed by atoms with Gasteiger partial charge >= 0.3 is 5.97 Å². The number of halogens is 2. The predicted octanol–water partition coefficient (Wildman–Crippen LogP) is 3.87. The molecule has 0 unspecified atom stereocenters. The number of benzene rings is 2. The molecule has 0 saturated heterocycles. The van der Waals surface area contributed by atoms with Gasteiger partial charge in [-0.05, 0) is 49.4 Å². The fourth-order valence-corrected chi connectivity index (χ4v) is 2.11. The van der Waals surface area contributed by atoms with Crippen LogP contribution in [0, 0.1) is 0 Å². The molecule has 5 nitrogen and oxygen atoms in total. The van der Waals surface area contributed by atoms with Crippen molar-refractivity contribution in [1.29, 1.82) is 0 Å². The van der Waals surface area contributed by atoms with E-state index in [4.69, 9.17) is 22.1 Å². The van der Waals surface area contributed by atoms with E-state index < -0.39 is 18.0 Å². The van der Waals surface area contributed by atoms with Crippen LogP contribution >= 0.6 is 27.5 Å². The normalized spacial score (nSPS) is 11.6. The zero-order valence-corrected chi connectivity index (χ0v) is 14.5. The number of carbonyl (C=O) groups is 2. The van der Waals surface area contributed by atoms with Gasteiger partial charge < -0.3 is 15.8 Å². The summed E-state index contributed by atoms with van der Waals surface area (Å²) in [6, 6.07) is 11.4. The minimum absolute atomic E-state index is 0.232. The number of rotatable bonds is 4. The van der Waals surface area contributed by atoms with Gasteiger partial charge in [0.2, 0.25) is 0 Å². The third-order valence-corrected chi connectivity index (χ3v) is 3.87. The van der Waals surface area contributed by atoms with E-state index in [-0.39, 0.29) is 11.3 Å². The zero-order chi connectivity index (χ0) is 17.0. The van der Waals surface area contributed by atoms with Crippen LogP contribution in [0.1, 0.15) is 17.3 Å². The number of ether oxygens (including phenoxy) is 1. The summed E-state index contributed by atoms with van der Waals surface area (Å²) >= 11 is 9.11. The summed E-state index contributed by atoms with van der Waals surface area (Å²) in [5, 5.41) is 3.01. The Hall–Kier alpha value is -2.05. The molecule has 0 aromatic heterocycles. The predicted molar refractivity (Wildman–Crippen MR) is 93.5 cm³/mol. The molecule has 0 aliphatic carbocycles. The van der Waals surface area contributed by atoms with Crippen molar-refractivity contribution in [2.75, 3.05) is 11.1 Å². The molecule has 0 saturated carbocycles. The van der Waals surface area contributed by atoms with Gasteiger partial charge in [-0.15, -0.1) is 0 Å². The molecular formula is C16H14BrClN2O3. The average Bonchev–Trinajstić information content (AvgIpc) is 2.52. The Morgan fingerprint density at radius 2 is 1.87 bits per heavy atom. The first-order valence-corrected chi connectivity index (χ1v) is 7.86. The van der Waals surface area contributed by atoms with E-state index in [0.29, 0.717) is 10.7 Å². The average molecular weight is 398 g/mol. The van der Waals surface area contributed by atoms with Gasteiger partial charge in [-0.3, -0.25) is 4.79 Å². The Bertz CT molecular complexity index is 735. The number of nitrogen functional groups attached to an aromatic ring is 1. The molecule has 2 aromatic rings. The molecule has 23 heavy (non-hydrogen) atoms. The Kier molecular flexibility index (Phi) is 5.63. The first-order valence-electron chi connectivity index (χ1n) is 6.69. The highest BCUT2D eigenvalue weighted by Crippen LogP contribution is 2.20. The molecule has 0 radical (unpaired) electrons. The SMILES string of the molecule is C[C@H](OC(=O)c1ccc(Cl)c(N)c1)C(=O)Nc1ccc(Br)cc1. The minimum Gasteiger partial charge on any atom is -0.449 e. The van der Waals surface area contributed by atoms with Gasteiger partial charge in [-0.25, -0.2) is 4.79 Å². The van der Waals surface area contributed by atoms with Crippen molar-refractivity contribution >= 4 is 50.8 Å². The van der Waals surface area contributed by atoms with Crippen LogP contribution in [0.2, 0.25) is 5.02 Å². The van der Waals surface area contributed by atoms with Crippen molar-refractivity contribution in [1.82, 2.24) is 0 Å². The number of carbonyl (C=O) groups excluding carboxylic acids is 2. The number of hydrogen-bond donors (Lipinski definition) is 2. The van der Waals surface area contributed by atoms with Crippen molar-refractivity contribution < 1.29 is 14.3 Å².